The van der Waals surface area contributed by atoms with Crippen molar-refractivity contribution >= 4 is 11.6 Å². The molecule has 0 aromatic heterocycles. The topological polar surface area (TPSA) is 32.3 Å². The Bertz CT molecular complexity index is 374. The van der Waals surface area contributed by atoms with Crippen LogP contribution in [0.5, 0.6) is 0 Å². The molecule has 1 aromatic rings. The van der Waals surface area contributed by atoms with Gasteiger partial charge in [-0.2, -0.15) is 0 Å². The summed E-state index contributed by atoms with van der Waals surface area (Å²) >= 11 is 6.05. The first-order valence-electron chi connectivity index (χ1n) is 5.72. The van der Waals surface area contributed by atoms with E-state index < -0.39 is 0 Å². The van der Waals surface area contributed by atoms with Crippen molar-refractivity contribution in [2.45, 2.75) is 26.3 Å². The third-order valence-corrected chi connectivity index (χ3v) is 3.77. The van der Waals surface area contributed by atoms with Gasteiger partial charge in [0.1, 0.15) is 0 Å². The Morgan fingerprint density at radius 1 is 1.44 bits per heavy atom. The average molecular weight is 240 g/mol. The second-order valence-corrected chi connectivity index (χ2v) is 5.25. The van der Waals surface area contributed by atoms with Crippen LogP contribution in [0.15, 0.2) is 18.2 Å². The summed E-state index contributed by atoms with van der Waals surface area (Å²) in [6, 6.07) is 6.13. The molecule has 0 aliphatic heterocycles. The highest BCUT2D eigenvalue weighted by atomic mass is 35.5. The fourth-order valence-corrected chi connectivity index (χ4v) is 1.99. The summed E-state index contributed by atoms with van der Waals surface area (Å²) in [5.74, 6) is 0. The lowest BCUT2D eigenvalue weighted by atomic mass is 10.1. The zero-order valence-corrected chi connectivity index (χ0v) is 10.3. The van der Waals surface area contributed by atoms with Gasteiger partial charge in [-0.1, -0.05) is 23.7 Å². The minimum atomic E-state index is 0.175. The maximum absolute atomic E-state index is 9.17. The van der Waals surface area contributed by atoms with E-state index >= 15 is 0 Å². The van der Waals surface area contributed by atoms with Gasteiger partial charge in [-0.05, 0) is 37.0 Å². The number of benzene rings is 1. The van der Waals surface area contributed by atoms with Gasteiger partial charge >= 0.3 is 0 Å². The van der Waals surface area contributed by atoms with Crippen LogP contribution in [0.25, 0.3) is 0 Å². The highest BCUT2D eigenvalue weighted by Gasteiger charge is 2.41. The van der Waals surface area contributed by atoms with Crippen molar-refractivity contribution in [3.63, 3.8) is 0 Å². The Balaban J connectivity index is 1.83. The largest absolute Gasteiger partial charge is 0.396 e. The van der Waals surface area contributed by atoms with Gasteiger partial charge in [0, 0.05) is 30.1 Å². The molecule has 2 N–H and O–H groups in total. The molecule has 2 nitrogen and oxygen atoms in total. The number of halogens is 1. The lowest BCUT2D eigenvalue weighted by Crippen LogP contribution is -2.26. The molecular weight excluding hydrogens is 222 g/mol. The van der Waals surface area contributed by atoms with E-state index in [4.69, 9.17) is 11.6 Å². The Morgan fingerprint density at radius 2 is 2.19 bits per heavy atom. The molecule has 0 saturated heterocycles. The van der Waals surface area contributed by atoms with Crippen LogP contribution in [-0.2, 0) is 6.54 Å². The van der Waals surface area contributed by atoms with Crippen LogP contribution in [0.3, 0.4) is 0 Å². The van der Waals surface area contributed by atoms with Crippen LogP contribution in [0, 0.1) is 12.3 Å². The van der Waals surface area contributed by atoms with Gasteiger partial charge in [0.25, 0.3) is 0 Å². The van der Waals surface area contributed by atoms with E-state index in [0.29, 0.717) is 6.61 Å². The second kappa shape index (κ2) is 4.74. The summed E-state index contributed by atoms with van der Waals surface area (Å²) in [6.45, 7) is 4.02. The van der Waals surface area contributed by atoms with Crippen LogP contribution in [0.2, 0.25) is 5.02 Å². The van der Waals surface area contributed by atoms with Crippen molar-refractivity contribution in [1.29, 1.82) is 0 Å². The summed E-state index contributed by atoms with van der Waals surface area (Å²) in [7, 11) is 0. The molecule has 0 amide bonds. The minimum Gasteiger partial charge on any atom is -0.396 e. The van der Waals surface area contributed by atoms with Crippen molar-refractivity contribution in [2.75, 3.05) is 13.2 Å². The summed E-state index contributed by atoms with van der Waals surface area (Å²) < 4.78 is 0. The number of hydrogen-bond donors (Lipinski definition) is 2. The Morgan fingerprint density at radius 3 is 2.75 bits per heavy atom. The molecule has 2 rings (SSSR count). The predicted octanol–water partition coefficient (Wildman–Crippen LogP) is 2.51. The van der Waals surface area contributed by atoms with Crippen molar-refractivity contribution in [1.82, 2.24) is 5.32 Å². The normalized spacial score (nSPS) is 17.4. The molecule has 0 spiro atoms. The molecule has 3 heteroatoms. The summed E-state index contributed by atoms with van der Waals surface area (Å²) in [4.78, 5) is 0. The molecule has 1 aliphatic carbocycles. The molecule has 1 saturated carbocycles. The first-order chi connectivity index (χ1) is 7.65. The van der Waals surface area contributed by atoms with Crippen molar-refractivity contribution in [2.24, 2.45) is 5.41 Å². The minimum absolute atomic E-state index is 0.175. The molecule has 0 unspecified atom stereocenters. The van der Waals surface area contributed by atoms with Crippen molar-refractivity contribution < 1.29 is 5.11 Å². The average Bonchev–Trinajstić information content (AvgIpc) is 3.04. The molecule has 0 heterocycles. The highest BCUT2D eigenvalue weighted by molar-refractivity contribution is 6.31. The van der Waals surface area contributed by atoms with E-state index in [0.717, 1.165) is 36.5 Å². The van der Waals surface area contributed by atoms with Crippen LogP contribution in [0.4, 0.5) is 0 Å². The standard InChI is InChI=1S/C13H18ClNO/c1-10-2-3-11(6-12(10)14)7-15-8-13(9-16)4-5-13/h2-3,6,15-16H,4-5,7-9H2,1H3. The SMILES string of the molecule is Cc1ccc(CNCC2(CO)CC2)cc1Cl. The van der Waals surface area contributed by atoms with Gasteiger partial charge < -0.3 is 10.4 Å². The molecule has 0 bridgehead atoms. The number of aryl methyl sites for hydroxylation is 1. The number of hydrogen-bond acceptors (Lipinski definition) is 2. The van der Waals surface area contributed by atoms with Gasteiger partial charge in [-0.25, -0.2) is 0 Å². The van der Waals surface area contributed by atoms with E-state index in [1.54, 1.807) is 0 Å². The number of aliphatic hydroxyl groups excluding tert-OH is 1. The predicted molar refractivity (Wildman–Crippen MR) is 66.6 cm³/mol. The fourth-order valence-electron chi connectivity index (χ4n) is 1.79. The van der Waals surface area contributed by atoms with Gasteiger partial charge in [0.2, 0.25) is 0 Å². The van der Waals surface area contributed by atoms with Crippen molar-refractivity contribution in [3.05, 3.63) is 34.3 Å². The maximum Gasteiger partial charge on any atom is 0.0499 e. The van der Waals surface area contributed by atoms with Crippen LogP contribution in [-0.4, -0.2) is 18.3 Å². The summed E-state index contributed by atoms with van der Waals surface area (Å²) in [5.41, 5.74) is 2.48. The second-order valence-electron chi connectivity index (χ2n) is 4.85. The van der Waals surface area contributed by atoms with Crippen LogP contribution >= 0.6 is 11.6 Å². The van der Waals surface area contributed by atoms with Crippen molar-refractivity contribution in [3.8, 4) is 0 Å². The van der Waals surface area contributed by atoms with E-state index in [1.165, 1.54) is 5.56 Å². The monoisotopic (exact) mass is 239 g/mol. The summed E-state index contributed by atoms with van der Waals surface area (Å²) in [5, 5.41) is 13.4. The van der Waals surface area contributed by atoms with Gasteiger partial charge in [-0.15, -0.1) is 0 Å². The smallest absolute Gasteiger partial charge is 0.0499 e. The van der Waals surface area contributed by atoms with Gasteiger partial charge in [-0.3, -0.25) is 0 Å². The number of aliphatic hydroxyl groups is 1. The van der Waals surface area contributed by atoms with E-state index in [9.17, 15) is 5.11 Å². The third-order valence-electron chi connectivity index (χ3n) is 3.36. The molecule has 16 heavy (non-hydrogen) atoms. The zero-order chi connectivity index (χ0) is 11.6. The lowest BCUT2D eigenvalue weighted by molar-refractivity contribution is 0.207. The van der Waals surface area contributed by atoms with Gasteiger partial charge in [0.05, 0.1) is 0 Å². The van der Waals surface area contributed by atoms with Crippen LogP contribution in [0.1, 0.15) is 24.0 Å². The molecule has 1 aliphatic rings. The summed E-state index contributed by atoms with van der Waals surface area (Å²) in [6.07, 6.45) is 2.29. The van der Waals surface area contributed by atoms with Crippen LogP contribution < -0.4 is 5.32 Å². The molecule has 1 fully saturated rings. The van der Waals surface area contributed by atoms with E-state index in [1.807, 2.05) is 19.1 Å². The Labute approximate surface area is 102 Å². The molecule has 0 radical (unpaired) electrons. The Hall–Kier alpha value is -0.570. The zero-order valence-electron chi connectivity index (χ0n) is 9.59. The third kappa shape index (κ3) is 2.76. The van der Waals surface area contributed by atoms with E-state index in [-0.39, 0.29) is 5.41 Å². The number of rotatable bonds is 5. The maximum atomic E-state index is 9.17. The first-order valence-corrected chi connectivity index (χ1v) is 6.10. The lowest BCUT2D eigenvalue weighted by Gasteiger charge is -2.13. The fraction of sp³-hybridized carbons (Fsp3) is 0.538. The molecular formula is C13H18ClNO. The van der Waals surface area contributed by atoms with Gasteiger partial charge in [0.15, 0.2) is 0 Å². The first kappa shape index (κ1) is 11.9. The quantitative estimate of drug-likeness (QED) is 0.828. The highest BCUT2D eigenvalue weighted by Crippen LogP contribution is 2.44. The molecule has 1 aromatic carbocycles. The molecule has 0 atom stereocenters. The number of nitrogens with one attached hydrogen (secondary N) is 1. The Kier molecular flexibility index (Phi) is 3.53. The van der Waals surface area contributed by atoms with E-state index in [2.05, 4.69) is 11.4 Å². The molecule has 88 valence electrons.